The van der Waals surface area contributed by atoms with Gasteiger partial charge in [-0.05, 0) is 73.2 Å². The molecule has 0 saturated carbocycles. The average Bonchev–Trinajstić information content (AvgIpc) is 3.33. The van der Waals surface area contributed by atoms with Crippen LogP contribution in [0.5, 0.6) is 11.6 Å². The number of allylic oxidation sites excluding steroid dienone is 2. The highest BCUT2D eigenvalue weighted by Gasteiger charge is 2.11. The first-order valence-electron chi connectivity index (χ1n) is 11.1. The number of benzene rings is 2. The van der Waals surface area contributed by atoms with Crippen LogP contribution in [-0.2, 0) is 12.8 Å². The Kier molecular flexibility index (Phi) is 7.35. The third-order valence-corrected chi connectivity index (χ3v) is 5.71. The molecular weight excluding hydrogens is 384 g/mol. The van der Waals surface area contributed by atoms with E-state index in [1.165, 1.54) is 42.6 Å². The number of nitrogens with zero attached hydrogens (tertiary/aromatic N) is 2. The van der Waals surface area contributed by atoms with E-state index in [2.05, 4.69) is 46.3 Å². The second-order valence-corrected chi connectivity index (χ2v) is 8.04. The number of pyridine rings is 1. The molecule has 2 heterocycles. The number of rotatable bonds is 9. The molecule has 160 valence electrons. The fraction of sp³-hybridized carbons (Fsp3) is 0.296. The number of phenols is 1. The molecule has 1 fully saturated rings. The Bertz CT molecular complexity index is 960. The van der Waals surface area contributed by atoms with E-state index in [0.29, 0.717) is 18.2 Å². The smallest absolute Gasteiger partial charge is 0.213 e. The highest BCUT2D eigenvalue weighted by molar-refractivity contribution is 5.68. The van der Waals surface area contributed by atoms with Crippen molar-refractivity contribution in [2.45, 2.75) is 25.7 Å². The van der Waals surface area contributed by atoms with E-state index in [0.717, 1.165) is 24.9 Å². The van der Waals surface area contributed by atoms with Gasteiger partial charge in [-0.3, -0.25) is 4.90 Å². The number of aromatic hydroxyl groups is 1. The fourth-order valence-corrected chi connectivity index (χ4v) is 3.92. The Morgan fingerprint density at radius 1 is 0.935 bits per heavy atom. The minimum absolute atomic E-state index is 0.294. The molecule has 1 aliphatic rings. The molecule has 4 heteroatoms. The molecule has 0 atom stereocenters. The Morgan fingerprint density at radius 3 is 2.39 bits per heavy atom. The van der Waals surface area contributed by atoms with Crippen molar-refractivity contribution < 1.29 is 9.84 Å². The predicted molar refractivity (Wildman–Crippen MR) is 125 cm³/mol. The predicted octanol–water partition coefficient (Wildman–Crippen LogP) is 5.13. The number of ether oxygens (including phenoxy) is 1. The zero-order valence-electron chi connectivity index (χ0n) is 17.9. The molecule has 0 aliphatic carbocycles. The van der Waals surface area contributed by atoms with Gasteiger partial charge in [0.05, 0.1) is 0 Å². The van der Waals surface area contributed by atoms with E-state index in [4.69, 9.17) is 4.74 Å². The summed E-state index contributed by atoms with van der Waals surface area (Å²) in [5, 5.41) is 9.56. The van der Waals surface area contributed by atoms with Crippen LogP contribution in [0.25, 0.3) is 5.57 Å². The summed E-state index contributed by atoms with van der Waals surface area (Å²) in [7, 11) is 0. The van der Waals surface area contributed by atoms with E-state index in [1.54, 1.807) is 12.1 Å². The average molecular weight is 415 g/mol. The summed E-state index contributed by atoms with van der Waals surface area (Å²) in [5.41, 5.74) is 4.81. The van der Waals surface area contributed by atoms with Crippen LogP contribution in [0.15, 0.2) is 79.0 Å². The normalized spacial score (nSPS) is 14.6. The monoisotopic (exact) mass is 414 g/mol. The first-order chi connectivity index (χ1) is 15.3. The van der Waals surface area contributed by atoms with Crippen molar-refractivity contribution in [2.24, 2.45) is 0 Å². The van der Waals surface area contributed by atoms with Crippen LogP contribution < -0.4 is 4.74 Å². The van der Waals surface area contributed by atoms with Gasteiger partial charge in [0.1, 0.15) is 12.4 Å². The number of hydrogen-bond acceptors (Lipinski definition) is 4. The summed E-state index contributed by atoms with van der Waals surface area (Å²) in [6.07, 6.45) is 8.41. The molecule has 4 nitrogen and oxygen atoms in total. The van der Waals surface area contributed by atoms with Gasteiger partial charge in [-0.1, -0.05) is 54.6 Å². The van der Waals surface area contributed by atoms with Crippen LogP contribution in [-0.4, -0.2) is 41.2 Å². The molecule has 1 saturated heterocycles. The van der Waals surface area contributed by atoms with E-state index < -0.39 is 0 Å². The lowest BCUT2D eigenvalue weighted by Crippen LogP contribution is -2.25. The Balaban J connectivity index is 1.38. The molecule has 0 radical (unpaired) electrons. The molecule has 1 N–H and O–H groups in total. The maximum atomic E-state index is 9.56. The van der Waals surface area contributed by atoms with Gasteiger partial charge in [-0.25, -0.2) is 4.98 Å². The van der Waals surface area contributed by atoms with Crippen molar-refractivity contribution in [2.75, 3.05) is 26.2 Å². The third-order valence-electron chi connectivity index (χ3n) is 5.71. The summed E-state index contributed by atoms with van der Waals surface area (Å²) in [4.78, 5) is 6.93. The van der Waals surface area contributed by atoms with E-state index in [9.17, 15) is 5.11 Å². The van der Waals surface area contributed by atoms with Gasteiger partial charge >= 0.3 is 0 Å². The van der Waals surface area contributed by atoms with Gasteiger partial charge < -0.3 is 9.84 Å². The van der Waals surface area contributed by atoms with Gasteiger partial charge in [-0.15, -0.1) is 0 Å². The van der Waals surface area contributed by atoms with E-state index >= 15 is 0 Å². The summed E-state index contributed by atoms with van der Waals surface area (Å²) >= 11 is 0. The minimum atomic E-state index is 0.294. The minimum Gasteiger partial charge on any atom is -0.508 e. The highest BCUT2D eigenvalue weighted by atomic mass is 16.5. The fourth-order valence-electron chi connectivity index (χ4n) is 3.92. The molecule has 31 heavy (non-hydrogen) atoms. The molecule has 4 rings (SSSR count). The van der Waals surface area contributed by atoms with Crippen LogP contribution in [0.4, 0.5) is 0 Å². The number of aromatic nitrogens is 1. The molecule has 2 aromatic carbocycles. The number of likely N-dealkylation sites (tertiary alicyclic amines) is 1. The highest BCUT2D eigenvalue weighted by Crippen LogP contribution is 2.22. The number of phenolic OH excluding ortho intramolecular Hbond substituents is 1. The maximum Gasteiger partial charge on any atom is 0.213 e. The van der Waals surface area contributed by atoms with E-state index in [1.807, 2.05) is 30.5 Å². The van der Waals surface area contributed by atoms with Crippen molar-refractivity contribution in [3.05, 3.63) is 95.7 Å². The van der Waals surface area contributed by atoms with Gasteiger partial charge in [0.25, 0.3) is 0 Å². The zero-order chi connectivity index (χ0) is 21.3. The van der Waals surface area contributed by atoms with Crippen molar-refractivity contribution >= 4 is 5.57 Å². The summed E-state index contributed by atoms with van der Waals surface area (Å²) in [6, 6.07) is 21.9. The van der Waals surface area contributed by atoms with Crippen molar-refractivity contribution in [1.29, 1.82) is 0 Å². The van der Waals surface area contributed by atoms with Gasteiger partial charge in [0.2, 0.25) is 5.88 Å². The van der Waals surface area contributed by atoms with Gasteiger partial charge in [0, 0.05) is 18.8 Å². The van der Waals surface area contributed by atoms with Crippen LogP contribution in [0.1, 0.15) is 29.5 Å². The molecule has 0 bridgehead atoms. The van der Waals surface area contributed by atoms with Crippen LogP contribution in [0, 0.1) is 0 Å². The first-order valence-corrected chi connectivity index (χ1v) is 11.1. The van der Waals surface area contributed by atoms with Crippen molar-refractivity contribution in [1.82, 2.24) is 9.88 Å². The standard InChI is InChI=1S/C27H30N2O2/c30-26-13-9-22(10-14-26)20-25(24-6-2-1-3-7-24)12-8-23-11-15-27(28-21-23)31-19-18-29-16-4-5-17-29/h1-3,6-7,9-15,21,30H,4-5,8,16-20H2/b25-12+. The second kappa shape index (κ2) is 10.8. The second-order valence-electron chi connectivity index (χ2n) is 8.04. The Hall–Kier alpha value is -3.11. The lowest BCUT2D eigenvalue weighted by Gasteiger charge is -2.14. The van der Waals surface area contributed by atoms with E-state index in [-0.39, 0.29) is 0 Å². The van der Waals surface area contributed by atoms with Crippen LogP contribution in [0.2, 0.25) is 0 Å². The van der Waals surface area contributed by atoms with Crippen LogP contribution >= 0.6 is 0 Å². The largest absolute Gasteiger partial charge is 0.508 e. The van der Waals surface area contributed by atoms with Gasteiger partial charge in [0.15, 0.2) is 0 Å². The molecule has 1 aliphatic heterocycles. The van der Waals surface area contributed by atoms with Crippen molar-refractivity contribution in [3.8, 4) is 11.6 Å². The molecule has 0 unspecified atom stereocenters. The quantitative estimate of drug-likeness (QED) is 0.527. The maximum absolute atomic E-state index is 9.56. The summed E-state index contributed by atoms with van der Waals surface area (Å²) in [6.45, 7) is 4.05. The lowest BCUT2D eigenvalue weighted by molar-refractivity contribution is 0.232. The molecule has 3 aromatic rings. The topological polar surface area (TPSA) is 45.6 Å². The SMILES string of the molecule is Oc1ccc(C/C(=C\Cc2ccc(OCCN3CCCC3)nc2)c2ccccc2)cc1. The van der Waals surface area contributed by atoms with Crippen molar-refractivity contribution in [3.63, 3.8) is 0 Å². The molecule has 1 aromatic heterocycles. The zero-order valence-corrected chi connectivity index (χ0v) is 17.9. The Labute approximate surface area is 184 Å². The molecule has 0 amide bonds. The number of hydrogen-bond donors (Lipinski definition) is 1. The summed E-state index contributed by atoms with van der Waals surface area (Å²) < 4.78 is 5.82. The Morgan fingerprint density at radius 2 is 1.68 bits per heavy atom. The van der Waals surface area contributed by atoms with Gasteiger partial charge in [-0.2, -0.15) is 0 Å². The van der Waals surface area contributed by atoms with Crippen LogP contribution in [0.3, 0.4) is 0 Å². The first kappa shape index (κ1) is 21.1. The molecular formula is C27H30N2O2. The third kappa shape index (κ3) is 6.43. The lowest BCUT2D eigenvalue weighted by atomic mass is 9.96. The summed E-state index contributed by atoms with van der Waals surface area (Å²) in [5.74, 6) is 0.988. The molecule has 0 spiro atoms.